The third kappa shape index (κ3) is 5.29. The molecule has 108 valence electrons. The second-order valence-corrected chi connectivity index (χ2v) is 4.61. The molecule has 0 aromatic rings. The predicted octanol–water partition coefficient (Wildman–Crippen LogP) is 2.45. The molecule has 0 N–H and O–H groups in total. The van der Waals surface area contributed by atoms with Gasteiger partial charge in [0.25, 0.3) is 0 Å². The fourth-order valence-corrected chi connectivity index (χ4v) is 1.83. The summed E-state index contributed by atoms with van der Waals surface area (Å²) in [4.78, 5) is 23.6. The Kier molecular flexibility index (Phi) is 7.81. The van der Waals surface area contributed by atoms with E-state index in [4.69, 9.17) is 9.47 Å². The van der Waals surface area contributed by atoms with Gasteiger partial charge in [-0.3, -0.25) is 9.59 Å². The summed E-state index contributed by atoms with van der Waals surface area (Å²) in [5.41, 5.74) is -1.43. The summed E-state index contributed by atoms with van der Waals surface area (Å²) in [5.74, 6) is -1.02. The molecule has 0 spiro atoms. The molecule has 0 aromatic carbocycles. The Morgan fingerprint density at radius 3 is 2.21 bits per heavy atom. The van der Waals surface area contributed by atoms with Crippen molar-refractivity contribution in [2.75, 3.05) is 13.2 Å². The van der Waals surface area contributed by atoms with Crippen LogP contribution in [0.3, 0.4) is 0 Å². The first-order chi connectivity index (χ1) is 8.95. The first-order valence-corrected chi connectivity index (χ1v) is 6.69. The van der Waals surface area contributed by atoms with Crippen LogP contribution in [-0.2, 0) is 19.1 Å². The van der Waals surface area contributed by atoms with Gasteiger partial charge in [-0.2, -0.15) is 5.26 Å². The number of carbonyl (C=O) groups excluding carboxylic acids is 2. The number of ether oxygens (including phenoxy) is 2. The van der Waals surface area contributed by atoms with Gasteiger partial charge in [0, 0.05) is 0 Å². The largest absolute Gasteiger partial charge is 0.466 e. The molecule has 2 unspecified atom stereocenters. The molecule has 0 amide bonds. The Hall–Kier alpha value is -1.57. The van der Waals surface area contributed by atoms with E-state index in [1.807, 2.05) is 19.9 Å². The lowest BCUT2D eigenvalue weighted by molar-refractivity contribution is -0.159. The van der Waals surface area contributed by atoms with Crippen LogP contribution in [0.25, 0.3) is 0 Å². The molecule has 5 nitrogen and oxygen atoms in total. The van der Waals surface area contributed by atoms with E-state index in [0.717, 1.165) is 6.42 Å². The topological polar surface area (TPSA) is 76.4 Å². The fraction of sp³-hybridized carbons (Fsp3) is 0.786. The van der Waals surface area contributed by atoms with Crippen LogP contribution in [0.1, 0.15) is 47.0 Å². The second-order valence-electron chi connectivity index (χ2n) is 4.61. The lowest BCUT2D eigenvalue weighted by atomic mass is 9.77. The molecular weight excluding hydrogens is 246 g/mol. The average Bonchev–Trinajstić information content (AvgIpc) is 2.38. The third-order valence-electron chi connectivity index (χ3n) is 3.03. The minimum Gasteiger partial charge on any atom is -0.466 e. The van der Waals surface area contributed by atoms with Crippen LogP contribution < -0.4 is 0 Å². The van der Waals surface area contributed by atoms with Crippen molar-refractivity contribution in [3.8, 4) is 6.07 Å². The van der Waals surface area contributed by atoms with Crippen molar-refractivity contribution in [2.45, 2.75) is 47.0 Å². The number of rotatable bonds is 8. The standard InChI is InChI=1S/C14H23NO4/c1-5-11(4)8-14(10-15,13(17)19-7-3)9-12(16)18-6-2/h11H,5-9H2,1-4H3. The van der Waals surface area contributed by atoms with E-state index in [0.29, 0.717) is 6.42 Å². The Morgan fingerprint density at radius 2 is 1.79 bits per heavy atom. The van der Waals surface area contributed by atoms with E-state index >= 15 is 0 Å². The number of hydrogen-bond acceptors (Lipinski definition) is 5. The lowest BCUT2D eigenvalue weighted by Gasteiger charge is -2.26. The van der Waals surface area contributed by atoms with Gasteiger partial charge >= 0.3 is 11.9 Å². The monoisotopic (exact) mass is 269 g/mol. The number of hydrogen-bond donors (Lipinski definition) is 0. The van der Waals surface area contributed by atoms with E-state index < -0.39 is 17.4 Å². The smallest absolute Gasteiger partial charge is 0.327 e. The van der Waals surface area contributed by atoms with E-state index in [9.17, 15) is 14.9 Å². The molecule has 0 aliphatic rings. The molecule has 5 heteroatoms. The summed E-state index contributed by atoms with van der Waals surface area (Å²) in [7, 11) is 0. The zero-order valence-corrected chi connectivity index (χ0v) is 12.2. The molecule has 19 heavy (non-hydrogen) atoms. The van der Waals surface area contributed by atoms with Crippen LogP contribution in [0.2, 0.25) is 0 Å². The number of carbonyl (C=O) groups is 2. The highest BCUT2D eigenvalue weighted by molar-refractivity contribution is 5.86. The maximum Gasteiger partial charge on any atom is 0.327 e. The van der Waals surface area contributed by atoms with Gasteiger partial charge in [0.1, 0.15) is 0 Å². The molecule has 0 fully saturated rings. The van der Waals surface area contributed by atoms with E-state index in [1.165, 1.54) is 0 Å². The maximum absolute atomic E-state index is 12.0. The second kappa shape index (κ2) is 8.52. The van der Waals surface area contributed by atoms with Crippen molar-refractivity contribution in [1.82, 2.24) is 0 Å². The summed E-state index contributed by atoms with van der Waals surface area (Å²) in [6.07, 6.45) is 0.879. The molecule has 0 radical (unpaired) electrons. The fourth-order valence-electron chi connectivity index (χ4n) is 1.83. The Balaban J connectivity index is 5.12. The van der Waals surface area contributed by atoms with Crippen molar-refractivity contribution >= 4 is 11.9 Å². The molecule has 2 atom stereocenters. The van der Waals surface area contributed by atoms with Crippen LogP contribution in [0.4, 0.5) is 0 Å². The first kappa shape index (κ1) is 17.4. The van der Waals surface area contributed by atoms with Gasteiger partial charge in [0.15, 0.2) is 5.41 Å². The summed E-state index contributed by atoms with van der Waals surface area (Å²) >= 11 is 0. The quantitative estimate of drug-likeness (QED) is 0.632. The number of nitriles is 1. The summed E-state index contributed by atoms with van der Waals surface area (Å²) < 4.78 is 9.80. The summed E-state index contributed by atoms with van der Waals surface area (Å²) in [6.45, 7) is 7.69. The molecule has 0 aliphatic heterocycles. The van der Waals surface area contributed by atoms with Crippen LogP contribution in [0.15, 0.2) is 0 Å². The van der Waals surface area contributed by atoms with Crippen molar-refractivity contribution in [3.63, 3.8) is 0 Å². The SMILES string of the molecule is CCOC(=O)CC(C#N)(CC(C)CC)C(=O)OCC. The molecular formula is C14H23NO4. The lowest BCUT2D eigenvalue weighted by Crippen LogP contribution is -2.36. The highest BCUT2D eigenvalue weighted by atomic mass is 16.5. The van der Waals surface area contributed by atoms with Crippen LogP contribution >= 0.6 is 0 Å². The van der Waals surface area contributed by atoms with Gasteiger partial charge < -0.3 is 9.47 Å². The van der Waals surface area contributed by atoms with Crippen LogP contribution in [0.5, 0.6) is 0 Å². The van der Waals surface area contributed by atoms with Gasteiger partial charge in [0.05, 0.1) is 25.7 Å². The minimum atomic E-state index is -1.43. The molecule has 0 saturated carbocycles. The van der Waals surface area contributed by atoms with E-state index in [-0.39, 0.29) is 25.6 Å². The highest BCUT2D eigenvalue weighted by Crippen LogP contribution is 2.33. The number of nitrogens with zero attached hydrogens (tertiary/aromatic N) is 1. The Bertz CT molecular complexity index is 348. The zero-order valence-electron chi connectivity index (χ0n) is 12.2. The van der Waals surface area contributed by atoms with Gasteiger partial charge in [0.2, 0.25) is 0 Å². The number of esters is 2. The van der Waals surface area contributed by atoms with Crippen molar-refractivity contribution in [1.29, 1.82) is 5.26 Å². The van der Waals surface area contributed by atoms with Gasteiger partial charge in [-0.05, 0) is 26.2 Å². The Labute approximate surface area is 114 Å². The maximum atomic E-state index is 12.0. The summed E-state index contributed by atoms with van der Waals surface area (Å²) in [5, 5.41) is 9.38. The van der Waals surface area contributed by atoms with E-state index in [2.05, 4.69) is 0 Å². The van der Waals surface area contributed by atoms with Gasteiger partial charge in [-0.25, -0.2) is 0 Å². The molecule has 0 aliphatic carbocycles. The van der Waals surface area contributed by atoms with E-state index in [1.54, 1.807) is 13.8 Å². The molecule has 0 rings (SSSR count). The highest BCUT2D eigenvalue weighted by Gasteiger charge is 2.43. The predicted molar refractivity (Wildman–Crippen MR) is 70.0 cm³/mol. The average molecular weight is 269 g/mol. The van der Waals surface area contributed by atoms with Crippen LogP contribution in [-0.4, -0.2) is 25.2 Å². The van der Waals surface area contributed by atoms with Crippen molar-refractivity contribution in [3.05, 3.63) is 0 Å². The molecule has 0 aromatic heterocycles. The van der Waals surface area contributed by atoms with Gasteiger partial charge in [-0.15, -0.1) is 0 Å². The third-order valence-corrected chi connectivity index (χ3v) is 3.03. The molecule has 0 heterocycles. The van der Waals surface area contributed by atoms with Crippen molar-refractivity contribution in [2.24, 2.45) is 11.3 Å². The minimum absolute atomic E-state index is 0.151. The summed E-state index contributed by atoms with van der Waals surface area (Å²) in [6, 6.07) is 1.98. The molecule has 0 saturated heterocycles. The van der Waals surface area contributed by atoms with Crippen molar-refractivity contribution < 1.29 is 19.1 Å². The Morgan fingerprint density at radius 1 is 1.21 bits per heavy atom. The van der Waals surface area contributed by atoms with Gasteiger partial charge in [-0.1, -0.05) is 20.3 Å². The normalized spacial score (nSPS) is 14.9. The molecule has 0 bridgehead atoms. The van der Waals surface area contributed by atoms with Crippen LogP contribution in [0, 0.1) is 22.7 Å². The zero-order chi connectivity index (χ0) is 14.9. The first-order valence-electron chi connectivity index (χ1n) is 6.69.